The Kier molecular flexibility index (Phi) is 3.38. The molecule has 2 atom stereocenters. The van der Waals surface area contributed by atoms with Crippen molar-refractivity contribution in [3.63, 3.8) is 0 Å². The molecule has 3 heterocycles. The Bertz CT molecular complexity index is 354. The third-order valence-electron chi connectivity index (χ3n) is 3.57. The maximum absolute atomic E-state index is 5.57. The summed E-state index contributed by atoms with van der Waals surface area (Å²) in [5.74, 6) is 2.02. The standard InChI is InChI=1S/C12H19N3O2/c1-3-9(8-13-5-1)12-14-11(17-15-12)7-10-4-2-6-16-10/h9-10,13H,1-8H2. The van der Waals surface area contributed by atoms with Crippen molar-refractivity contribution in [2.75, 3.05) is 19.7 Å². The summed E-state index contributed by atoms with van der Waals surface area (Å²) < 4.78 is 10.9. The van der Waals surface area contributed by atoms with Gasteiger partial charge in [0.15, 0.2) is 5.82 Å². The molecule has 2 aliphatic heterocycles. The normalized spacial score (nSPS) is 29.6. The first-order chi connectivity index (χ1) is 8.42. The molecule has 0 saturated carbocycles. The molecule has 0 aromatic carbocycles. The van der Waals surface area contributed by atoms with Crippen LogP contribution in [0.2, 0.25) is 0 Å². The molecule has 0 radical (unpaired) electrons. The summed E-state index contributed by atoms with van der Waals surface area (Å²) in [4.78, 5) is 4.50. The summed E-state index contributed by atoms with van der Waals surface area (Å²) >= 11 is 0. The average Bonchev–Trinajstić information content (AvgIpc) is 3.02. The fourth-order valence-electron chi connectivity index (χ4n) is 2.59. The van der Waals surface area contributed by atoms with Crippen LogP contribution in [0.5, 0.6) is 0 Å². The van der Waals surface area contributed by atoms with Crippen molar-refractivity contribution in [1.29, 1.82) is 0 Å². The maximum atomic E-state index is 5.57. The molecule has 2 aliphatic rings. The van der Waals surface area contributed by atoms with Gasteiger partial charge in [-0.05, 0) is 32.2 Å². The van der Waals surface area contributed by atoms with Gasteiger partial charge < -0.3 is 14.6 Å². The van der Waals surface area contributed by atoms with Gasteiger partial charge in [-0.3, -0.25) is 0 Å². The van der Waals surface area contributed by atoms with Crippen molar-refractivity contribution >= 4 is 0 Å². The lowest BCUT2D eigenvalue weighted by Gasteiger charge is -2.19. The van der Waals surface area contributed by atoms with E-state index in [0.29, 0.717) is 5.92 Å². The van der Waals surface area contributed by atoms with Gasteiger partial charge in [-0.1, -0.05) is 5.16 Å². The summed E-state index contributed by atoms with van der Waals surface area (Å²) in [6.07, 6.45) is 5.67. The molecule has 2 unspecified atom stereocenters. The first-order valence-corrected chi connectivity index (χ1v) is 6.56. The number of rotatable bonds is 3. The van der Waals surface area contributed by atoms with Gasteiger partial charge in [-0.2, -0.15) is 4.98 Å². The van der Waals surface area contributed by atoms with E-state index in [9.17, 15) is 0 Å². The van der Waals surface area contributed by atoms with Crippen molar-refractivity contribution in [1.82, 2.24) is 15.5 Å². The van der Waals surface area contributed by atoms with Crippen molar-refractivity contribution in [3.05, 3.63) is 11.7 Å². The molecule has 0 amide bonds. The van der Waals surface area contributed by atoms with Gasteiger partial charge in [0.05, 0.1) is 12.5 Å². The van der Waals surface area contributed by atoms with E-state index in [2.05, 4.69) is 15.5 Å². The highest BCUT2D eigenvalue weighted by Crippen LogP contribution is 2.22. The fraction of sp³-hybridized carbons (Fsp3) is 0.833. The van der Waals surface area contributed by atoms with Gasteiger partial charge in [0, 0.05) is 19.1 Å². The third-order valence-corrected chi connectivity index (χ3v) is 3.57. The SMILES string of the molecule is C1COC(Cc2nc(C3CCCNC3)no2)C1. The van der Waals surface area contributed by atoms with Gasteiger partial charge in [0.2, 0.25) is 5.89 Å². The molecule has 0 aliphatic carbocycles. The summed E-state index contributed by atoms with van der Waals surface area (Å²) in [7, 11) is 0. The largest absolute Gasteiger partial charge is 0.378 e. The molecule has 5 nitrogen and oxygen atoms in total. The van der Waals surface area contributed by atoms with E-state index in [4.69, 9.17) is 9.26 Å². The van der Waals surface area contributed by atoms with Crippen molar-refractivity contribution in [2.45, 2.75) is 44.1 Å². The van der Waals surface area contributed by atoms with Crippen LogP contribution >= 0.6 is 0 Å². The molecular formula is C12H19N3O2. The van der Waals surface area contributed by atoms with Crippen LogP contribution in [-0.2, 0) is 11.2 Å². The Morgan fingerprint density at radius 1 is 1.29 bits per heavy atom. The monoisotopic (exact) mass is 237 g/mol. The van der Waals surface area contributed by atoms with Crippen LogP contribution in [0.3, 0.4) is 0 Å². The molecule has 0 spiro atoms. The second-order valence-electron chi connectivity index (χ2n) is 4.93. The lowest BCUT2D eigenvalue weighted by molar-refractivity contribution is 0.104. The predicted octanol–water partition coefficient (Wildman–Crippen LogP) is 1.26. The molecular weight excluding hydrogens is 218 g/mol. The first-order valence-electron chi connectivity index (χ1n) is 6.56. The lowest BCUT2D eigenvalue weighted by atomic mass is 9.99. The van der Waals surface area contributed by atoms with Crippen molar-refractivity contribution in [2.24, 2.45) is 0 Å². The van der Waals surface area contributed by atoms with Gasteiger partial charge in [0.1, 0.15) is 0 Å². The summed E-state index contributed by atoms with van der Waals surface area (Å²) in [6.45, 7) is 2.95. The van der Waals surface area contributed by atoms with Crippen LogP contribution in [0.15, 0.2) is 4.52 Å². The molecule has 2 fully saturated rings. The van der Waals surface area contributed by atoms with E-state index in [1.807, 2.05) is 0 Å². The Labute approximate surface area is 101 Å². The number of hydrogen-bond donors (Lipinski definition) is 1. The highest BCUT2D eigenvalue weighted by molar-refractivity contribution is 4.99. The molecule has 94 valence electrons. The number of hydrogen-bond acceptors (Lipinski definition) is 5. The number of nitrogens with one attached hydrogen (secondary N) is 1. The smallest absolute Gasteiger partial charge is 0.229 e. The summed E-state index contributed by atoms with van der Waals surface area (Å²) in [6, 6.07) is 0. The highest BCUT2D eigenvalue weighted by atomic mass is 16.5. The predicted molar refractivity (Wildman–Crippen MR) is 61.8 cm³/mol. The van der Waals surface area contributed by atoms with E-state index in [-0.39, 0.29) is 6.10 Å². The molecule has 2 saturated heterocycles. The van der Waals surface area contributed by atoms with Crippen LogP contribution in [0.25, 0.3) is 0 Å². The maximum Gasteiger partial charge on any atom is 0.229 e. The molecule has 0 bridgehead atoms. The average molecular weight is 237 g/mol. The highest BCUT2D eigenvalue weighted by Gasteiger charge is 2.23. The quantitative estimate of drug-likeness (QED) is 0.857. The van der Waals surface area contributed by atoms with E-state index in [1.54, 1.807) is 0 Å². The zero-order chi connectivity index (χ0) is 11.5. The van der Waals surface area contributed by atoms with Crippen LogP contribution in [0, 0.1) is 0 Å². The van der Waals surface area contributed by atoms with E-state index < -0.39 is 0 Å². The van der Waals surface area contributed by atoms with Crippen LogP contribution < -0.4 is 5.32 Å². The minimum Gasteiger partial charge on any atom is -0.378 e. The molecule has 17 heavy (non-hydrogen) atoms. The Morgan fingerprint density at radius 3 is 3.06 bits per heavy atom. The lowest BCUT2D eigenvalue weighted by Crippen LogP contribution is -2.28. The minimum absolute atomic E-state index is 0.285. The van der Waals surface area contributed by atoms with Gasteiger partial charge in [-0.25, -0.2) is 0 Å². The Morgan fingerprint density at radius 2 is 2.29 bits per heavy atom. The summed E-state index contributed by atoms with van der Waals surface area (Å²) in [5, 5.41) is 7.47. The minimum atomic E-state index is 0.285. The zero-order valence-electron chi connectivity index (χ0n) is 10.0. The Balaban J connectivity index is 1.60. The van der Waals surface area contributed by atoms with Crippen LogP contribution in [0.4, 0.5) is 0 Å². The Hall–Kier alpha value is -0.940. The van der Waals surface area contributed by atoms with E-state index >= 15 is 0 Å². The fourth-order valence-corrected chi connectivity index (χ4v) is 2.59. The van der Waals surface area contributed by atoms with E-state index in [0.717, 1.165) is 57.1 Å². The second-order valence-corrected chi connectivity index (χ2v) is 4.93. The van der Waals surface area contributed by atoms with Crippen LogP contribution in [-0.4, -0.2) is 35.9 Å². The molecule has 1 aromatic heterocycles. The van der Waals surface area contributed by atoms with Crippen molar-refractivity contribution in [3.8, 4) is 0 Å². The third kappa shape index (κ3) is 2.66. The second kappa shape index (κ2) is 5.14. The number of nitrogens with zero attached hydrogens (tertiary/aromatic N) is 2. The molecule has 5 heteroatoms. The van der Waals surface area contributed by atoms with E-state index in [1.165, 1.54) is 6.42 Å². The van der Waals surface area contributed by atoms with Gasteiger partial charge in [0.25, 0.3) is 0 Å². The first kappa shape index (κ1) is 11.2. The number of aromatic nitrogens is 2. The van der Waals surface area contributed by atoms with Gasteiger partial charge in [-0.15, -0.1) is 0 Å². The van der Waals surface area contributed by atoms with Gasteiger partial charge >= 0.3 is 0 Å². The zero-order valence-corrected chi connectivity index (χ0v) is 10.0. The van der Waals surface area contributed by atoms with Crippen LogP contribution in [0.1, 0.15) is 43.3 Å². The molecule has 3 rings (SSSR count). The number of piperidine rings is 1. The molecule has 1 aromatic rings. The molecule has 1 N–H and O–H groups in total. The topological polar surface area (TPSA) is 60.2 Å². The summed E-state index contributed by atoms with van der Waals surface area (Å²) in [5.41, 5.74) is 0. The number of ether oxygens (including phenoxy) is 1. The van der Waals surface area contributed by atoms with Crippen molar-refractivity contribution < 1.29 is 9.26 Å².